The van der Waals surface area contributed by atoms with Crippen LogP contribution in [-0.4, -0.2) is 24.5 Å². The molecule has 0 fully saturated rings. The van der Waals surface area contributed by atoms with E-state index in [9.17, 15) is 4.79 Å². The zero-order valence-corrected chi connectivity index (χ0v) is 16.0. The quantitative estimate of drug-likeness (QED) is 0.720. The molecule has 3 aromatic carbocycles. The summed E-state index contributed by atoms with van der Waals surface area (Å²) in [6.45, 7) is 1.61. The Morgan fingerprint density at radius 3 is 2.50 bits per heavy atom. The molecule has 1 N–H and O–H groups in total. The second kappa shape index (κ2) is 8.28. The number of hydrogen-bond acceptors (Lipinski definition) is 3. The molecule has 1 heterocycles. The Balaban J connectivity index is 1.62. The van der Waals surface area contributed by atoms with Crippen LogP contribution in [0.1, 0.15) is 22.7 Å². The lowest BCUT2D eigenvalue weighted by Gasteiger charge is -2.35. The lowest BCUT2D eigenvalue weighted by Crippen LogP contribution is -2.40. The van der Waals surface area contributed by atoms with Crippen molar-refractivity contribution in [2.75, 3.05) is 19.0 Å². The van der Waals surface area contributed by atoms with Crippen molar-refractivity contribution in [3.05, 3.63) is 95.6 Å². The molecule has 1 atom stereocenters. The zero-order valence-electron chi connectivity index (χ0n) is 16.0. The third-order valence-corrected chi connectivity index (χ3v) is 5.23. The number of carbonyl (C=O) groups is 1. The van der Waals surface area contributed by atoms with Crippen LogP contribution in [-0.2, 0) is 17.8 Å². The molecule has 0 spiro atoms. The second-order valence-electron chi connectivity index (χ2n) is 7.02. The number of anilines is 1. The van der Waals surface area contributed by atoms with Crippen LogP contribution in [0.5, 0.6) is 5.75 Å². The minimum atomic E-state index is -0.347. The highest BCUT2D eigenvalue weighted by molar-refractivity contribution is 5.95. The van der Waals surface area contributed by atoms with E-state index in [1.54, 1.807) is 7.11 Å². The molecule has 1 aliphatic rings. The molecule has 0 radical (unpaired) electrons. The number of amides is 1. The standard InChI is InChI=1S/C24H24N2O2/c1-28-22-13-7-12-21(16-22)25-24(27)23(19-9-3-2-4-10-19)26-15-14-18-8-5-6-11-20(18)17-26/h2-13,16,23H,14-15,17H2,1H3,(H,25,27). The Morgan fingerprint density at radius 2 is 1.71 bits per heavy atom. The summed E-state index contributed by atoms with van der Waals surface area (Å²) in [6.07, 6.45) is 0.950. The van der Waals surface area contributed by atoms with Gasteiger partial charge in [0.15, 0.2) is 0 Å². The Bertz CT molecular complexity index is 956. The maximum absolute atomic E-state index is 13.3. The first-order valence-corrected chi connectivity index (χ1v) is 9.55. The topological polar surface area (TPSA) is 41.6 Å². The van der Waals surface area contributed by atoms with Gasteiger partial charge in [-0.15, -0.1) is 0 Å². The van der Waals surface area contributed by atoms with E-state index in [4.69, 9.17) is 4.74 Å². The van der Waals surface area contributed by atoms with Crippen molar-refractivity contribution >= 4 is 11.6 Å². The lowest BCUT2D eigenvalue weighted by atomic mass is 9.96. The number of rotatable bonds is 5. The van der Waals surface area contributed by atoms with Gasteiger partial charge >= 0.3 is 0 Å². The third kappa shape index (κ3) is 3.92. The van der Waals surface area contributed by atoms with E-state index in [0.717, 1.165) is 36.5 Å². The number of hydrogen-bond donors (Lipinski definition) is 1. The number of nitrogens with zero attached hydrogens (tertiary/aromatic N) is 1. The van der Waals surface area contributed by atoms with Crippen LogP contribution in [0, 0.1) is 0 Å². The van der Waals surface area contributed by atoms with Gasteiger partial charge in [0.2, 0.25) is 5.91 Å². The van der Waals surface area contributed by atoms with Gasteiger partial charge in [0.25, 0.3) is 0 Å². The van der Waals surface area contributed by atoms with E-state index in [0.29, 0.717) is 0 Å². The van der Waals surface area contributed by atoms with Gasteiger partial charge in [-0.1, -0.05) is 60.7 Å². The van der Waals surface area contributed by atoms with Crippen molar-refractivity contribution in [2.45, 2.75) is 19.0 Å². The minimum absolute atomic E-state index is 0.0289. The molecule has 3 aromatic rings. The number of methoxy groups -OCH3 is 1. The van der Waals surface area contributed by atoms with E-state index in [2.05, 4.69) is 34.5 Å². The number of fused-ring (bicyclic) bond motifs is 1. The van der Waals surface area contributed by atoms with Gasteiger partial charge in [0.05, 0.1) is 7.11 Å². The van der Waals surface area contributed by atoms with Crippen LogP contribution in [0.25, 0.3) is 0 Å². The highest BCUT2D eigenvalue weighted by Gasteiger charge is 2.30. The van der Waals surface area contributed by atoms with Crippen molar-refractivity contribution in [2.24, 2.45) is 0 Å². The predicted octanol–water partition coefficient (Wildman–Crippen LogP) is 4.43. The van der Waals surface area contributed by atoms with Crippen LogP contribution in [0.4, 0.5) is 5.69 Å². The van der Waals surface area contributed by atoms with Gasteiger partial charge in [-0.3, -0.25) is 9.69 Å². The first-order chi connectivity index (χ1) is 13.7. The number of nitrogens with one attached hydrogen (secondary N) is 1. The third-order valence-electron chi connectivity index (χ3n) is 5.23. The fourth-order valence-electron chi connectivity index (χ4n) is 3.81. The average molecular weight is 372 g/mol. The normalized spacial score (nSPS) is 14.8. The van der Waals surface area contributed by atoms with Gasteiger partial charge in [-0.2, -0.15) is 0 Å². The summed E-state index contributed by atoms with van der Waals surface area (Å²) < 4.78 is 5.28. The predicted molar refractivity (Wildman–Crippen MR) is 111 cm³/mol. The summed E-state index contributed by atoms with van der Waals surface area (Å²) in [6, 6.07) is 25.6. The molecule has 4 heteroatoms. The summed E-state index contributed by atoms with van der Waals surface area (Å²) in [5, 5.41) is 3.08. The van der Waals surface area contributed by atoms with Gasteiger partial charge in [0, 0.05) is 24.8 Å². The summed E-state index contributed by atoms with van der Waals surface area (Å²) in [5.74, 6) is 0.694. The Morgan fingerprint density at radius 1 is 0.964 bits per heavy atom. The molecule has 1 amide bonds. The fourth-order valence-corrected chi connectivity index (χ4v) is 3.81. The van der Waals surface area contributed by atoms with Crippen molar-refractivity contribution in [1.29, 1.82) is 0 Å². The van der Waals surface area contributed by atoms with Crippen LogP contribution < -0.4 is 10.1 Å². The van der Waals surface area contributed by atoms with Crippen molar-refractivity contribution in [1.82, 2.24) is 4.90 Å². The first kappa shape index (κ1) is 18.3. The molecule has 4 nitrogen and oxygen atoms in total. The van der Waals surface area contributed by atoms with E-state index in [1.165, 1.54) is 11.1 Å². The van der Waals surface area contributed by atoms with Gasteiger partial charge in [-0.25, -0.2) is 0 Å². The maximum Gasteiger partial charge on any atom is 0.246 e. The van der Waals surface area contributed by atoms with Gasteiger partial charge in [-0.05, 0) is 35.2 Å². The smallest absolute Gasteiger partial charge is 0.246 e. The maximum atomic E-state index is 13.3. The highest BCUT2D eigenvalue weighted by atomic mass is 16.5. The van der Waals surface area contributed by atoms with Gasteiger partial charge < -0.3 is 10.1 Å². The second-order valence-corrected chi connectivity index (χ2v) is 7.02. The summed E-state index contributed by atoms with van der Waals surface area (Å²) in [5.41, 5.74) is 4.41. The molecule has 4 rings (SSSR count). The number of carbonyl (C=O) groups excluding carboxylic acids is 1. The summed E-state index contributed by atoms with van der Waals surface area (Å²) >= 11 is 0. The molecule has 0 aromatic heterocycles. The largest absolute Gasteiger partial charge is 0.497 e. The summed E-state index contributed by atoms with van der Waals surface area (Å²) in [7, 11) is 1.62. The monoisotopic (exact) mass is 372 g/mol. The average Bonchev–Trinajstić information content (AvgIpc) is 2.75. The molecule has 1 unspecified atom stereocenters. The van der Waals surface area contributed by atoms with Crippen LogP contribution >= 0.6 is 0 Å². The Kier molecular flexibility index (Phi) is 5.40. The van der Waals surface area contributed by atoms with Crippen molar-refractivity contribution in [3.63, 3.8) is 0 Å². The van der Waals surface area contributed by atoms with E-state index in [1.807, 2.05) is 54.6 Å². The van der Waals surface area contributed by atoms with Crippen LogP contribution in [0.2, 0.25) is 0 Å². The van der Waals surface area contributed by atoms with E-state index < -0.39 is 0 Å². The molecule has 1 aliphatic heterocycles. The zero-order chi connectivity index (χ0) is 19.3. The lowest BCUT2D eigenvalue weighted by molar-refractivity contribution is -0.122. The molecule has 142 valence electrons. The SMILES string of the molecule is COc1cccc(NC(=O)C(c2ccccc2)N2CCc3ccccc3C2)c1. The van der Waals surface area contributed by atoms with Crippen molar-refractivity contribution in [3.8, 4) is 5.75 Å². The number of benzene rings is 3. The Hall–Kier alpha value is -3.11. The molecule has 28 heavy (non-hydrogen) atoms. The Labute approximate surface area is 165 Å². The molecular weight excluding hydrogens is 348 g/mol. The van der Waals surface area contributed by atoms with E-state index in [-0.39, 0.29) is 11.9 Å². The van der Waals surface area contributed by atoms with Crippen molar-refractivity contribution < 1.29 is 9.53 Å². The molecule has 0 saturated heterocycles. The fraction of sp³-hybridized carbons (Fsp3) is 0.208. The van der Waals surface area contributed by atoms with Crippen LogP contribution in [0.3, 0.4) is 0 Å². The first-order valence-electron chi connectivity index (χ1n) is 9.55. The molecular formula is C24H24N2O2. The van der Waals surface area contributed by atoms with Crippen LogP contribution in [0.15, 0.2) is 78.9 Å². The van der Waals surface area contributed by atoms with Gasteiger partial charge in [0.1, 0.15) is 11.8 Å². The summed E-state index contributed by atoms with van der Waals surface area (Å²) in [4.78, 5) is 15.6. The molecule has 0 aliphatic carbocycles. The number of ether oxygens (including phenoxy) is 1. The molecule has 0 bridgehead atoms. The minimum Gasteiger partial charge on any atom is -0.497 e. The highest BCUT2D eigenvalue weighted by Crippen LogP contribution is 2.29. The molecule has 0 saturated carbocycles. The van der Waals surface area contributed by atoms with E-state index >= 15 is 0 Å².